The highest BCUT2D eigenvalue weighted by atomic mass is 31.1. The summed E-state index contributed by atoms with van der Waals surface area (Å²) in [4.78, 5) is 0. The first-order valence-corrected chi connectivity index (χ1v) is 37.1. The van der Waals surface area contributed by atoms with Crippen LogP contribution in [0.15, 0.2) is 48.5 Å². The quantitative estimate of drug-likeness (QED) is 0.0388. The number of hydrogen-bond donors (Lipinski definition) is 0. The normalized spacial score (nSPS) is 12.7. The molecular weight excluding hydrogens is 975 g/mol. The number of unbranched alkanes of at least 4 members (excludes halogenated alkanes) is 12. The van der Waals surface area contributed by atoms with Gasteiger partial charge in [-0.05, 0) is 269 Å². The molecule has 438 valence electrons. The minimum absolute atomic E-state index is 0.490. The molecule has 0 aliphatic carbocycles. The van der Waals surface area contributed by atoms with E-state index in [1.807, 2.05) is 0 Å². The smallest absolute Gasteiger partial charge is 0.00859 e. The van der Waals surface area contributed by atoms with Gasteiger partial charge in [-0.25, -0.2) is 0 Å². The van der Waals surface area contributed by atoms with Crippen LogP contribution < -0.4 is 21.2 Å². The molecule has 2 atom stereocenters. The Morgan fingerprint density at radius 3 is 0.538 bits per heavy atom. The van der Waals surface area contributed by atoms with Crippen molar-refractivity contribution < 1.29 is 0 Å². The zero-order chi connectivity index (χ0) is 56.7. The second-order valence-corrected chi connectivity index (χ2v) is 29.3. The summed E-state index contributed by atoms with van der Waals surface area (Å²) in [5, 5.41) is 7.09. The summed E-state index contributed by atoms with van der Waals surface area (Å²) >= 11 is 0. The molecule has 0 heterocycles. The number of rotatable bonds is 43. The second kappa shape index (κ2) is 39.3. The van der Waals surface area contributed by atoms with Gasteiger partial charge in [0.15, 0.2) is 0 Å². The highest BCUT2D eigenvalue weighted by molar-refractivity contribution is 7.77. The number of hydrogen-bond acceptors (Lipinski definition) is 0. The summed E-state index contributed by atoms with van der Waals surface area (Å²) in [6.45, 7) is 34.8. The van der Waals surface area contributed by atoms with Crippen molar-refractivity contribution in [3.8, 4) is 0 Å². The molecule has 0 saturated carbocycles. The highest BCUT2D eigenvalue weighted by Crippen LogP contribution is 2.55. The summed E-state index contributed by atoms with van der Waals surface area (Å²) < 4.78 is 0. The van der Waals surface area contributed by atoms with E-state index in [0.717, 1.165) is 0 Å². The van der Waals surface area contributed by atoms with Gasteiger partial charge in [-0.3, -0.25) is 0 Å². The zero-order valence-electron chi connectivity index (χ0n) is 54.1. The molecule has 0 saturated heterocycles. The molecule has 0 aromatic heterocycles. The number of aryl methyl sites for hydroxylation is 4. The Bertz CT molecular complexity index is 1950. The van der Waals surface area contributed by atoms with Crippen molar-refractivity contribution in [1.82, 2.24) is 0 Å². The molecular formula is C76H124P2. The summed E-state index contributed by atoms with van der Waals surface area (Å²) in [6.07, 6.45) is 45.2. The number of benzene rings is 4. The van der Waals surface area contributed by atoms with Crippen LogP contribution in [-0.4, -0.2) is 11.3 Å². The van der Waals surface area contributed by atoms with E-state index in [1.54, 1.807) is 88.0 Å². The molecule has 0 fully saturated rings. The first-order chi connectivity index (χ1) is 38.1. The molecule has 4 rings (SSSR count). The lowest BCUT2D eigenvalue weighted by atomic mass is 9.90. The molecule has 0 N–H and O–H groups in total. The van der Waals surface area contributed by atoms with Gasteiger partial charge in [0.25, 0.3) is 0 Å². The Labute approximate surface area is 489 Å². The first-order valence-electron chi connectivity index (χ1n) is 34.3. The standard InChI is InChI=1S/C76H124P2/c1-15-27-39-61-51-55-73(69(47-35-23-9)65(61)43-31-19-5)77(74-56-52-62(40-28-16-2)66(44-32-20-6)70(74)48-36-24-10)59(13)60(14)78(75-57-53-63(41-29-17-3)67(45-33-21-7)71(75)49-37-25-11)76-58-54-64(42-30-18-4)68(46-34-22-8)72(76)50-38-26-12/h51-60H,15-50H2,1-14H3. The van der Waals surface area contributed by atoms with Gasteiger partial charge >= 0.3 is 0 Å². The Hall–Kier alpha value is -2.26. The minimum Gasteiger partial charge on any atom is -0.0654 e. The van der Waals surface area contributed by atoms with Gasteiger partial charge in [-0.15, -0.1) is 0 Å². The van der Waals surface area contributed by atoms with Crippen LogP contribution in [0.5, 0.6) is 0 Å². The lowest BCUT2D eigenvalue weighted by Gasteiger charge is -2.40. The van der Waals surface area contributed by atoms with E-state index >= 15 is 0 Å². The van der Waals surface area contributed by atoms with Crippen LogP contribution in [0.4, 0.5) is 0 Å². The Morgan fingerprint density at radius 2 is 0.372 bits per heavy atom. The maximum atomic E-state index is 2.84. The summed E-state index contributed by atoms with van der Waals surface area (Å²) in [7, 11) is -1.48. The van der Waals surface area contributed by atoms with Crippen molar-refractivity contribution in [3.63, 3.8) is 0 Å². The van der Waals surface area contributed by atoms with Gasteiger partial charge in [0.2, 0.25) is 0 Å². The van der Waals surface area contributed by atoms with Crippen LogP contribution in [0.25, 0.3) is 0 Å². The maximum absolute atomic E-state index is 2.84. The van der Waals surface area contributed by atoms with E-state index in [4.69, 9.17) is 0 Å². The van der Waals surface area contributed by atoms with Crippen LogP contribution >= 0.6 is 15.8 Å². The SMILES string of the molecule is CCCCc1ccc(P(c2ccc(CCCC)c(CCCC)c2CCCC)C(C)C(C)P(c2ccc(CCCC)c(CCCC)c2CCCC)c2ccc(CCCC)c(CCCC)c2CCCC)c(CCCC)c1CCCC. The molecule has 0 aliphatic rings. The van der Waals surface area contributed by atoms with Crippen LogP contribution in [0.1, 0.15) is 318 Å². The van der Waals surface area contributed by atoms with Crippen LogP contribution in [0.2, 0.25) is 0 Å². The fourth-order valence-corrected chi connectivity index (χ4v) is 20.0. The maximum Gasteiger partial charge on any atom is -0.00859 e. The van der Waals surface area contributed by atoms with E-state index in [9.17, 15) is 0 Å². The van der Waals surface area contributed by atoms with Gasteiger partial charge in [0.1, 0.15) is 0 Å². The minimum atomic E-state index is -0.740. The van der Waals surface area contributed by atoms with E-state index in [2.05, 4.69) is 145 Å². The summed E-state index contributed by atoms with van der Waals surface area (Å²) in [5.41, 5.74) is 21.9. The topological polar surface area (TPSA) is 0 Å². The van der Waals surface area contributed by atoms with E-state index in [1.165, 1.54) is 231 Å². The van der Waals surface area contributed by atoms with Crippen molar-refractivity contribution in [2.24, 2.45) is 0 Å². The molecule has 2 heteroatoms. The Kier molecular flexibility index (Phi) is 34.3. The zero-order valence-corrected chi connectivity index (χ0v) is 55.9. The van der Waals surface area contributed by atoms with Crippen molar-refractivity contribution >= 4 is 37.1 Å². The highest BCUT2D eigenvalue weighted by Gasteiger charge is 2.38. The first kappa shape index (κ1) is 68.2. The van der Waals surface area contributed by atoms with Crippen LogP contribution in [0, 0.1) is 0 Å². The predicted molar refractivity (Wildman–Crippen MR) is 360 cm³/mol. The predicted octanol–water partition coefficient (Wildman–Crippen LogP) is 22.1. The van der Waals surface area contributed by atoms with E-state index in [0.29, 0.717) is 11.3 Å². The molecule has 4 aromatic rings. The van der Waals surface area contributed by atoms with Crippen LogP contribution in [-0.2, 0) is 77.0 Å². The average molecular weight is 1100 g/mol. The molecule has 0 bridgehead atoms. The van der Waals surface area contributed by atoms with Gasteiger partial charge in [-0.2, -0.15) is 0 Å². The second-order valence-electron chi connectivity index (χ2n) is 24.3. The third-order valence-electron chi connectivity index (χ3n) is 18.0. The molecule has 78 heavy (non-hydrogen) atoms. The van der Waals surface area contributed by atoms with Crippen molar-refractivity contribution in [1.29, 1.82) is 0 Å². The molecule has 2 unspecified atom stereocenters. The molecule has 0 nitrogen and oxygen atoms in total. The van der Waals surface area contributed by atoms with Crippen molar-refractivity contribution in [3.05, 3.63) is 115 Å². The Morgan fingerprint density at radius 1 is 0.218 bits per heavy atom. The summed E-state index contributed by atoms with van der Waals surface area (Å²) in [5.74, 6) is 0. The fraction of sp³-hybridized carbons (Fsp3) is 0.684. The molecule has 0 spiro atoms. The van der Waals surface area contributed by atoms with Crippen molar-refractivity contribution in [2.45, 2.75) is 339 Å². The molecule has 4 aromatic carbocycles. The van der Waals surface area contributed by atoms with Gasteiger partial charge < -0.3 is 0 Å². The van der Waals surface area contributed by atoms with Gasteiger partial charge in [-0.1, -0.05) is 223 Å². The van der Waals surface area contributed by atoms with E-state index < -0.39 is 15.8 Å². The van der Waals surface area contributed by atoms with Crippen LogP contribution in [0.3, 0.4) is 0 Å². The monoisotopic (exact) mass is 1100 g/mol. The average Bonchev–Trinajstić information content (AvgIpc) is 3.54. The Balaban J connectivity index is 2.35. The molecule has 0 aliphatic heterocycles. The van der Waals surface area contributed by atoms with Gasteiger partial charge in [0.05, 0.1) is 0 Å². The third kappa shape index (κ3) is 19.4. The lowest BCUT2D eigenvalue weighted by Crippen LogP contribution is -2.36. The lowest BCUT2D eigenvalue weighted by molar-refractivity contribution is 0.736. The van der Waals surface area contributed by atoms with Gasteiger partial charge in [0, 0.05) is 0 Å². The third-order valence-corrected chi connectivity index (χ3v) is 24.5. The fourth-order valence-electron chi connectivity index (χ4n) is 13.0. The largest absolute Gasteiger partial charge is 0.0654 e. The van der Waals surface area contributed by atoms with Crippen molar-refractivity contribution in [2.75, 3.05) is 0 Å². The van der Waals surface area contributed by atoms with E-state index in [-0.39, 0.29) is 0 Å². The molecule has 0 amide bonds. The molecule has 0 radical (unpaired) electrons. The summed E-state index contributed by atoms with van der Waals surface area (Å²) in [6, 6.07) is 22.0.